The third-order valence-corrected chi connectivity index (χ3v) is 2.65. The Bertz CT molecular complexity index is 309. The van der Waals surface area contributed by atoms with Crippen LogP contribution >= 0.6 is 0 Å². The molecule has 102 valence electrons. The zero-order valence-corrected chi connectivity index (χ0v) is 11.8. The summed E-state index contributed by atoms with van der Waals surface area (Å²) in [5.74, 6) is 0.947. The molecule has 0 aliphatic rings. The number of ether oxygens (including phenoxy) is 1. The average molecular weight is 250 g/mol. The van der Waals surface area contributed by atoms with Crippen LogP contribution in [0.5, 0.6) is 5.75 Å². The molecule has 0 saturated carbocycles. The molecule has 0 fully saturated rings. The summed E-state index contributed by atoms with van der Waals surface area (Å²) >= 11 is 0. The van der Waals surface area contributed by atoms with Crippen LogP contribution in [0.25, 0.3) is 0 Å². The Labute approximate surface area is 111 Å². The highest BCUT2D eigenvalue weighted by Gasteiger charge is 1.98. The van der Waals surface area contributed by atoms with E-state index >= 15 is 0 Å². The van der Waals surface area contributed by atoms with Gasteiger partial charge in [0.25, 0.3) is 0 Å². The van der Waals surface area contributed by atoms with Crippen molar-refractivity contribution in [3.05, 3.63) is 29.8 Å². The Balaban J connectivity index is 2.18. The number of rotatable bonds is 9. The van der Waals surface area contributed by atoms with E-state index in [9.17, 15) is 0 Å². The summed E-state index contributed by atoms with van der Waals surface area (Å²) < 4.78 is 5.61. The van der Waals surface area contributed by atoms with Crippen molar-refractivity contribution in [3.63, 3.8) is 0 Å². The van der Waals surface area contributed by atoms with Gasteiger partial charge in [0, 0.05) is 6.54 Å². The van der Waals surface area contributed by atoms with E-state index in [0.29, 0.717) is 0 Å². The third-order valence-electron chi connectivity index (χ3n) is 2.65. The lowest BCUT2D eigenvalue weighted by Crippen LogP contribution is -2.16. The van der Waals surface area contributed by atoms with Crippen LogP contribution in [0, 0.1) is 0 Å². The maximum Gasteiger partial charge on any atom is 0.119 e. The Morgan fingerprint density at radius 2 is 1.72 bits per heavy atom. The van der Waals surface area contributed by atoms with Crippen LogP contribution in [0.3, 0.4) is 0 Å². The second-order valence-corrected chi connectivity index (χ2v) is 4.80. The van der Waals surface area contributed by atoms with Crippen molar-refractivity contribution in [2.75, 3.05) is 20.1 Å². The fourth-order valence-electron chi connectivity index (χ4n) is 1.74. The SMILES string of the molecule is CNCCCCNCc1ccc(OC(C)C)cc1. The molecular weight excluding hydrogens is 224 g/mol. The number of nitrogens with one attached hydrogen (secondary N) is 2. The predicted octanol–water partition coefficient (Wildman–Crippen LogP) is 2.56. The van der Waals surface area contributed by atoms with Gasteiger partial charge in [0.1, 0.15) is 5.75 Å². The number of hydrogen-bond acceptors (Lipinski definition) is 3. The van der Waals surface area contributed by atoms with Crippen LogP contribution < -0.4 is 15.4 Å². The lowest BCUT2D eigenvalue weighted by molar-refractivity contribution is 0.242. The molecule has 0 aliphatic heterocycles. The van der Waals surface area contributed by atoms with E-state index in [0.717, 1.165) is 25.4 Å². The standard InChI is InChI=1S/C15H26N2O/c1-13(2)18-15-8-6-14(7-9-15)12-17-11-5-4-10-16-3/h6-9,13,16-17H,4-5,10-12H2,1-3H3. The largest absolute Gasteiger partial charge is 0.491 e. The molecule has 0 saturated heterocycles. The molecule has 1 aromatic carbocycles. The van der Waals surface area contributed by atoms with Gasteiger partial charge in [-0.15, -0.1) is 0 Å². The molecule has 0 aliphatic carbocycles. The van der Waals surface area contributed by atoms with Gasteiger partial charge >= 0.3 is 0 Å². The molecule has 0 amide bonds. The van der Waals surface area contributed by atoms with Gasteiger partial charge in [-0.25, -0.2) is 0 Å². The smallest absolute Gasteiger partial charge is 0.119 e. The quantitative estimate of drug-likeness (QED) is 0.661. The number of benzene rings is 1. The molecule has 0 heterocycles. The van der Waals surface area contributed by atoms with Gasteiger partial charge < -0.3 is 15.4 Å². The lowest BCUT2D eigenvalue weighted by Gasteiger charge is -2.10. The first-order valence-electron chi connectivity index (χ1n) is 6.83. The molecule has 3 heteroatoms. The van der Waals surface area contributed by atoms with E-state index in [1.54, 1.807) is 0 Å². The van der Waals surface area contributed by atoms with Gasteiger partial charge in [0.15, 0.2) is 0 Å². The van der Waals surface area contributed by atoms with E-state index in [2.05, 4.69) is 22.8 Å². The zero-order valence-electron chi connectivity index (χ0n) is 11.8. The molecule has 1 aromatic rings. The highest BCUT2D eigenvalue weighted by molar-refractivity contribution is 5.27. The van der Waals surface area contributed by atoms with Crippen LogP contribution in [0.1, 0.15) is 32.3 Å². The van der Waals surface area contributed by atoms with Crippen molar-refractivity contribution in [1.82, 2.24) is 10.6 Å². The van der Waals surface area contributed by atoms with Crippen molar-refractivity contribution in [3.8, 4) is 5.75 Å². The predicted molar refractivity (Wildman–Crippen MR) is 77.1 cm³/mol. The van der Waals surface area contributed by atoms with E-state index in [1.165, 1.54) is 18.4 Å². The summed E-state index contributed by atoms with van der Waals surface area (Å²) in [4.78, 5) is 0. The van der Waals surface area contributed by atoms with Gasteiger partial charge in [0.2, 0.25) is 0 Å². The highest BCUT2D eigenvalue weighted by atomic mass is 16.5. The topological polar surface area (TPSA) is 33.3 Å². The molecule has 0 spiro atoms. The summed E-state index contributed by atoms with van der Waals surface area (Å²) in [6.45, 7) is 7.19. The van der Waals surface area contributed by atoms with E-state index in [1.807, 2.05) is 33.0 Å². The average Bonchev–Trinajstić information content (AvgIpc) is 2.35. The van der Waals surface area contributed by atoms with Crippen LogP contribution in [0.4, 0.5) is 0 Å². The first-order valence-corrected chi connectivity index (χ1v) is 6.83. The van der Waals surface area contributed by atoms with Gasteiger partial charge in [-0.05, 0) is 64.5 Å². The Hall–Kier alpha value is -1.06. The Morgan fingerprint density at radius 3 is 2.33 bits per heavy atom. The molecule has 1 rings (SSSR count). The number of unbranched alkanes of at least 4 members (excludes halogenated alkanes) is 1. The molecule has 0 unspecified atom stereocenters. The van der Waals surface area contributed by atoms with Crippen molar-refractivity contribution in [1.29, 1.82) is 0 Å². The maximum absolute atomic E-state index is 5.61. The molecule has 0 bridgehead atoms. The lowest BCUT2D eigenvalue weighted by atomic mass is 10.2. The zero-order chi connectivity index (χ0) is 13.2. The van der Waals surface area contributed by atoms with E-state index < -0.39 is 0 Å². The molecule has 0 radical (unpaired) electrons. The minimum Gasteiger partial charge on any atom is -0.491 e. The second-order valence-electron chi connectivity index (χ2n) is 4.80. The van der Waals surface area contributed by atoms with Crippen molar-refractivity contribution in [2.24, 2.45) is 0 Å². The summed E-state index contributed by atoms with van der Waals surface area (Å²) in [5, 5.41) is 6.61. The fourth-order valence-corrected chi connectivity index (χ4v) is 1.74. The maximum atomic E-state index is 5.61. The van der Waals surface area contributed by atoms with Gasteiger partial charge in [-0.3, -0.25) is 0 Å². The minimum atomic E-state index is 0.237. The van der Waals surface area contributed by atoms with Crippen LogP contribution in [-0.2, 0) is 6.54 Å². The molecular formula is C15H26N2O. The minimum absolute atomic E-state index is 0.237. The van der Waals surface area contributed by atoms with E-state index in [-0.39, 0.29) is 6.10 Å². The van der Waals surface area contributed by atoms with Gasteiger partial charge in [-0.2, -0.15) is 0 Å². The third kappa shape index (κ3) is 6.62. The number of hydrogen-bond donors (Lipinski definition) is 2. The summed E-state index contributed by atoms with van der Waals surface area (Å²) in [5.41, 5.74) is 1.31. The second kappa shape index (κ2) is 8.95. The van der Waals surface area contributed by atoms with Gasteiger partial charge in [0.05, 0.1) is 6.10 Å². The Morgan fingerprint density at radius 1 is 1.06 bits per heavy atom. The van der Waals surface area contributed by atoms with Crippen molar-refractivity contribution in [2.45, 2.75) is 39.3 Å². The molecule has 0 atom stereocenters. The van der Waals surface area contributed by atoms with E-state index in [4.69, 9.17) is 4.74 Å². The Kier molecular flexibility index (Phi) is 7.46. The molecule has 18 heavy (non-hydrogen) atoms. The first kappa shape index (κ1) is 15.0. The van der Waals surface area contributed by atoms with Gasteiger partial charge in [-0.1, -0.05) is 12.1 Å². The molecule has 3 nitrogen and oxygen atoms in total. The summed E-state index contributed by atoms with van der Waals surface area (Å²) in [6.07, 6.45) is 2.68. The summed E-state index contributed by atoms with van der Waals surface area (Å²) in [7, 11) is 1.99. The normalized spacial score (nSPS) is 10.9. The van der Waals surface area contributed by atoms with Crippen molar-refractivity contribution >= 4 is 0 Å². The monoisotopic (exact) mass is 250 g/mol. The fraction of sp³-hybridized carbons (Fsp3) is 0.600. The molecule has 2 N–H and O–H groups in total. The summed E-state index contributed by atoms with van der Waals surface area (Å²) in [6, 6.07) is 8.33. The first-order chi connectivity index (χ1) is 8.72. The molecule has 0 aromatic heterocycles. The van der Waals surface area contributed by atoms with Crippen LogP contribution in [0.15, 0.2) is 24.3 Å². The van der Waals surface area contributed by atoms with Crippen LogP contribution in [-0.4, -0.2) is 26.2 Å². The van der Waals surface area contributed by atoms with Crippen molar-refractivity contribution < 1.29 is 4.74 Å². The highest BCUT2D eigenvalue weighted by Crippen LogP contribution is 2.13. The van der Waals surface area contributed by atoms with Crippen LogP contribution in [0.2, 0.25) is 0 Å².